The summed E-state index contributed by atoms with van der Waals surface area (Å²) >= 11 is 6.11. The van der Waals surface area contributed by atoms with Gasteiger partial charge >= 0.3 is 0 Å². The van der Waals surface area contributed by atoms with Gasteiger partial charge in [-0.15, -0.1) is 0 Å². The smallest absolute Gasteiger partial charge is 0.264 e. The van der Waals surface area contributed by atoms with E-state index < -0.39 is 15.9 Å². The SMILES string of the molecule is CCc1ccccc1N(CC(=O)NCCOc1ccc(C)c(Cl)c1)S(=O)(=O)c1ccc(C)cc1. The summed E-state index contributed by atoms with van der Waals surface area (Å²) in [5.41, 5.74) is 3.23. The van der Waals surface area contributed by atoms with Crippen LogP contribution in [0, 0.1) is 13.8 Å². The lowest BCUT2D eigenvalue weighted by Crippen LogP contribution is -2.42. The molecule has 8 heteroatoms. The van der Waals surface area contributed by atoms with Crippen molar-refractivity contribution in [2.24, 2.45) is 0 Å². The zero-order valence-corrected chi connectivity index (χ0v) is 21.1. The van der Waals surface area contributed by atoms with Gasteiger partial charge in [-0.3, -0.25) is 9.10 Å². The zero-order chi connectivity index (χ0) is 24.7. The van der Waals surface area contributed by atoms with E-state index in [9.17, 15) is 13.2 Å². The molecule has 180 valence electrons. The molecule has 0 heterocycles. The molecule has 0 aliphatic rings. The number of ether oxygens (including phenoxy) is 1. The Hall–Kier alpha value is -3.03. The van der Waals surface area contributed by atoms with Gasteiger partial charge < -0.3 is 10.1 Å². The molecule has 0 aliphatic carbocycles. The van der Waals surface area contributed by atoms with Crippen molar-refractivity contribution >= 4 is 33.2 Å². The lowest BCUT2D eigenvalue weighted by molar-refractivity contribution is -0.119. The standard InChI is InChI=1S/C26H29ClN2O4S/c1-4-21-7-5-6-8-25(21)29(34(31,32)23-13-9-19(2)10-14-23)18-26(30)28-15-16-33-22-12-11-20(3)24(27)17-22/h5-14,17H,4,15-16,18H2,1-3H3,(H,28,30). The van der Waals surface area contributed by atoms with E-state index in [2.05, 4.69) is 5.32 Å². The number of sulfonamides is 1. The van der Waals surface area contributed by atoms with Crippen LogP contribution < -0.4 is 14.4 Å². The number of carbonyl (C=O) groups excluding carboxylic acids is 1. The van der Waals surface area contributed by atoms with E-state index in [1.54, 1.807) is 48.5 Å². The molecule has 3 aromatic carbocycles. The number of para-hydroxylation sites is 1. The number of nitrogens with one attached hydrogen (secondary N) is 1. The fourth-order valence-corrected chi connectivity index (χ4v) is 5.03. The molecule has 34 heavy (non-hydrogen) atoms. The van der Waals surface area contributed by atoms with Crippen LogP contribution in [0.15, 0.2) is 71.6 Å². The first-order chi connectivity index (χ1) is 16.2. The number of hydrogen-bond acceptors (Lipinski definition) is 4. The number of amides is 1. The van der Waals surface area contributed by atoms with Crippen LogP contribution in [0.5, 0.6) is 5.75 Å². The summed E-state index contributed by atoms with van der Waals surface area (Å²) in [6.07, 6.45) is 0.630. The Balaban J connectivity index is 1.74. The van der Waals surface area contributed by atoms with Crippen LogP contribution in [-0.4, -0.2) is 34.0 Å². The Morgan fingerprint density at radius 2 is 1.74 bits per heavy atom. The number of anilines is 1. The fraction of sp³-hybridized carbons (Fsp3) is 0.269. The van der Waals surface area contributed by atoms with Crippen LogP contribution >= 0.6 is 11.6 Å². The lowest BCUT2D eigenvalue weighted by atomic mass is 10.1. The van der Waals surface area contributed by atoms with Crippen LogP contribution in [0.4, 0.5) is 5.69 Å². The van der Waals surface area contributed by atoms with E-state index in [-0.39, 0.29) is 24.6 Å². The highest BCUT2D eigenvalue weighted by Gasteiger charge is 2.28. The summed E-state index contributed by atoms with van der Waals surface area (Å²) in [4.78, 5) is 12.9. The predicted molar refractivity (Wildman–Crippen MR) is 136 cm³/mol. The van der Waals surface area contributed by atoms with E-state index in [0.717, 1.165) is 16.7 Å². The molecule has 3 aromatic rings. The first kappa shape index (κ1) is 25.6. The molecule has 0 unspecified atom stereocenters. The summed E-state index contributed by atoms with van der Waals surface area (Å²) in [5.74, 6) is 0.178. The summed E-state index contributed by atoms with van der Waals surface area (Å²) < 4.78 is 33.9. The second-order valence-corrected chi connectivity index (χ2v) is 10.2. The number of carbonyl (C=O) groups is 1. The summed E-state index contributed by atoms with van der Waals surface area (Å²) in [6.45, 7) is 5.84. The second kappa shape index (κ2) is 11.4. The van der Waals surface area contributed by atoms with Crippen molar-refractivity contribution in [3.05, 3.63) is 88.4 Å². The molecular weight excluding hydrogens is 472 g/mol. The lowest BCUT2D eigenvalue weighted by Gasteiger charge is -2.26. The number of rotatable bonds is 10. The second-order valence-electron chi connectivity index (χ2n) is 7.92. The molecule has 1 N–H and O–H groups in total. The molecule has 0 spiro atoms. The van der Waals surface area contributed by atoms with E-state index in [0.29, 0.717) is 22.9 Å². The third-order valence-electron chi connectivity index (χ3n) is 5.37. The number of benzene rings is 3. The number of hydrogen-bond donors (Lipinski definition) is 1. The molecule has 0 bridgehead atoms. The van der Waals surface area contributed by atoms with Crippen molar-refractivity contribution in [1.82, 2.24) is 5.32 Å². The van der Waals surface area contributed by atoms with E-state index in [1.807, 2.05) is 39.0 Å². The van der Waals surface area contributed by atoms with Gasteiger partial charge in [0.05, 0.1) is 17.1 Å². The Bertz CT molecular complexity index is 1240. The molecule has 0 atom stereocenters. The quantitative estimate of drug-likeness (QED) is 0.401. The number of aryl methyl sites for hydroxylation is 3. The van der Waals surface area contributed by atoms with Crippen LogP contribution in [0.2, 0.25) is 5.02 Å². The highest BCUT2D eigenvalue weighted by atomic mass is 35.5. The molecule has 6 nitrogen and oxygen atoms in total. The maximum atomic E-state index is 13.5. The molecule has 0 aromatic heterocycles. The first-order valence-corrected chi connectivity index (χ1v) is 12.9. The number of nitrogens with zero attached hydrogens (tertiary/aromatic N) is 1. The Kier molecular flexibility index (Phi) is 8.58. The van der Waals surface area contributed by atoms with Crippen molar-refractivity contribution in [3.8, 4) is 5.75 Å². The summed E-state index contributed by atoms with van der Waals surface area (Å²) in [6, 6.07) is 19.2. The zero-order valence-electron chi connectivity index (χ0n) is 19.5. The highest BCUT2D eigenvalue weighted by molar-refractivity contribution is 7.92. The van der Waals surface area contributed by atoms with Crippen molar-refractivity contribution in [1.29, 1.82) is 0 Å². The maximum absolute atomic E-state index is 13.5. The van der Waals surface area contributed by atoms with Gasteiger partial charge in [0.1, 0.15) is 18.9 Å². The average molecular weight is 501 g/mol. The van der Waals surface area contributed by atoms with Crippen LogP contribution in [0.1, 0.15) is 23.6 Å². The minimum atomic E-state index is -3.95. The predicted octanol–water partition coefficient (Wildman–Crippen LogP) is 4.91. The molecule has 0 aliphatic heterocycles. The Labute approximate surface area is 206 Å². The minimum Gasteiger partial charge on any atom is -0.492 e. The molecule has 1 amide bonds. The van der Waals surface area contributed by atoms with Crippen LogP contribution in [0.3, 0.4) is 0 Å². The van der Waals surface area contributed by atoms with Crippen molar-refractivity contribution in [3.63, 3.8) is 0 Å². The van der Waals surface area contributed by atoms with E-state index >= 15 is 0 Å². The van der Waals surface area contributed by atoms with Crippen molar-refractivity contribution < 1.29 is 17.9 Å². The van der Waals surface area contributed by atoms with E-state index in [4.69, 9.17) is 16.3 Å². The Morgan fingerprint density at radius 1 is 1.03 bits per heavy atom. The van der Waals surface area contributed by atoms with Crippen LogP contribution in [-0.2, 0) is 21.2 Å². The van der Waals surface area contributed by atoms with Gasteiger partial charge in [-0.1, -0.05) is 60.5 Å². The van der Waals surface area contributed by atoms with Gasteiger partial charge in [0.15, 0.2) is 0 Å². The van der Waals surface area contributed by atoms with Gasteiger partial charge in [0.2, 0.25) is 5.91 Å². The Morgan fingerprint density at radius 3 is 2.41 bits per heavy atom. The number of halogens is 1. The summed E-state index contributed by atoms with van der Waals surface area (Å²) in [7, 11) is -3.95. The monoisotopic (exact) mass is 500 g/mol. The summed E-state index contributed by atoms with van der Waals surface area (Å²) in [5, 5.41) is 3.35. The van der Waals surface area contributed by atoms with Gasteiger partial charge in [0, 0.05) is 5.02 Å². The van der Waals surface area contributed by atoms with Crippen LogP contribution in [0.25, 0.3) is 0 Å². The largest absolute Gasteiger partial charge is 0.492 e. The minimum absolute atomic E-state index is 0.136. The van der Waals surface area contributed by atoms with Crippen molar-refractivity contribution in [2.75, 3.05) is 24.0 Å². The van der Waals surface area contributed by atoms with Gasteiger partial charge in [-0.2, -0.15) is 0 Å². The molecule has 0 radical (unpaired) electrons. The fourth-order valence-electron chi connectivity index (χ4n) is 3.40. The maximum Gasteiger partial charge on any atom is 0.264 e. The highest BCUT2D eigenvalue weighted by Crippen LogP contribution is 2.27. The topological polar surface area (TPSA) is 75.7 Å². The van der Waals surface area contributed by atoms with E-state index in [1.165, 1.54) is 4.31 Å². The van der Waals surface area contributed by atoms with Gasteiger partial charge in [-0.25, -0.2) is 8.42 Å². The van der Waals surface area contributed by atoms with Gasteiger partial charge in [0.25, 0.3) is 10.0 Å². The average Bonchev–Trinajstić information content (AvgIpc) is 2.82. The van der Waals surface area contributed by atoms with Gasteiger partial charge in [-0.05, 0) is 61.7 Å². The molecule has 0 fully saturated rings. The van der Waals surface area contributed by atoms with Crippen molar-refractivity contribution in [2.45, 2.75) is 32.1 Å². The molecular formula is C26H29ClN2O4S. The molecule has 3 rings (SSSR count). The molecule has 0 saturated carbocycles. The first-order valence-electron chi connectivity index (χ1n) is 11.1. The molecule has 0 saturated heterocycles. The third kappa shape index (κ3) is 6.30. The normalized spacial score (nSPS) is 11.2. The third-order valence-corrected chi connectivity index (χ3v) is 7.55.